The van der Waals surface area contributed by atoms with Gasteiger partial charge in [0.25, 0.3) is 0 Å². The molecule has 2 amide bonds. The van der Waals surface area contributed by atoms with Gasteiger partial charge in [0.05, 0.1) is 6.04 Å². The monoisotopic (exact) mass is 428 g/mol. The SMILES string of the molecule is CC(C)CC[C@@H](NC(=O)NC1CCCC1)c1c(-n2cccc2)sc2c1CCN(C)C2. The summed E-state index contributed by atoms with van der Waals surface area (Å²) in [4.78, 5) is 16.8. The number of rotatable bonds is 7. The molecular formula is C24H36N4OS. The van der Waals surface area contributed by atoms with Gasteiger partial charge in [-0.05, 0) is 62.8 Å². The van der Waals surface area contributed by atoms with E-state index in [-0.39, 0.29) is 12.1 Å². The normalized spacial score (nSPS) is 18.5. The Kier molecular flexibility index (Phi) is 6.84. The van der Waals surface area contributed by atoms with Crippen LogP contribution in [0.5, 0.6) is 0 Å². The number of urea groups is 1. The summed E-state index contributed by atoms with van der Waals surface area (Å²) < 4.78 is 2.23. The predicted molar refractivity (Wildman–Crippen MR) is 124 cm³/mol. The highest BCUT2D eigenvalue weighted by Gasteiger charge is 2.30. The molecule has 0 aromatic carbocycles. The van der Waals surface area contributed by atoms with Crippen LogP contribution in [0.15, 0.2) is 24.5 Å². The summed E-state index contributed by atoms with van der Waals surface area (Å²) >= 11 is 1.90. The van der Waals surface area contributed by atoms with Crippen molar-refractivity contribution in [2.24, 2.45) is 5.92 Å². The van der Waals surface area contributed by atoms with Crippen LogP contribution in [0.25, 0.3) is 5.00 Å². The third-order valence-electron chi connectivity index (χ3n) is 6.48. The lowest BCUT2D eigenvalue weighted by Crippen LogP contribution is -2.43. The summed E-state index contributed by atoms with van der Waals surface area (Å²) in [5.41, 5.74) is 2.82. The number of hydrogen-bond donors (Lipinski definition) is 2. The van der Waals surface area contributed by atoms with Crippen molar-refractivity contribution in [1.29, 1.82) is 0 Å². The van der Waals surface area contributed by atoms with Crippen molar-refractivity contribution >= 4 is 17.4 Å². The minimum atomic E-state index is 0.00184. The van der Waals surface area contributed by atoms with Gasteiger partial charge in [-0.15, -0.1) is 11.3 Å². The first-order valence-electron chi connectivity index (χ1n) is 11.5. The highest BCUT2D eigenvalue weighted by atomic mass is 32.1. The van der Waals surface area contributed by atoms with E-state index in [4.69, 9.17) is 0 Å². The van der Waals surface area contributed by atoms with E-state index in [9.17, 15) is 4.79 Å². The van der Waals surface area contributed by atoms with Gasteiger partial charge >= 0.3 is 6.03 Å². The average Bonchev–Trinajstić information content (AvgIpc) is 3.45. The molecule has 1 aliphatic carbocycles. The molecule has 5 nitrogen and oxygen atoms in total. The maximum absolute atomic E-state index is 12.9. The molecule has 3 heterocycles. The topological polar surface area (TPSA) is 49.3 Å². The Morgan fingerprint density at radius 3 is 2.63 bits per heavy atom. The Morgan fingerprint density at radius 2 is 1.93 bits per heavy atom. The second kappa shape index (κ2) is 9.56. The van der Waals surface area contributed by atoms with Crippen molar-refractivity contribution in [2.45, 2.75) is 77.4 Å². The van der Waals surface area contributed by atoms with Gasteiger partial charge in [0, 0.05) is 42.0 Å². The number of thiophene rings is 1. The Hall–Kier alpha value is -1.79. The third kappa shape index (κ3) is 4.92. The molecule has 0 spiro atoms. The fourth-order valence-corrected chi connectivity index (χ4v) is 6.26. The Morgan fingerprint density at radius 1 is 1.20 bits per heavy atom. The summed E-state index contributed by atoms with van der Waals surface area (Å²) in [6.07, 6.45) is 12.1. The van der Waals surface area contributed by atoms with E-state index in [2.05, 4.69) is 65.5 Å². The minimum absolute atomic E-state index is 0.00184. The van der Waals surface area contributed by atoms with Crippen molar-refractivity contribution in [2.75, 3.05) is 13.6 Å². The summed E-state index contributed by atoms with van der Waals surface area (Å²) in [7, 11) is 2.20. The molecule has 1 saturated carbocycles. The molecule has 0 saturated heterocycles. The van der Waals surface area contributed by atoms with Crippen molar-refractivity contribution in [1.82, 2.24) is 20.1 Å². The zero-order chi connectivity index (χ0) is 21.1. The van der Waals surface area contributed by atoms with E-state index in [0.717, 1.165) is 45.2 Å². The lowest BCUT2D eigenvalue weighted by Gasteiger charge is -2.27. The molecule has 0 radical (unpaired) electrons. The van der Waals surface area contributed by atoms with Gasteiger partial charge in [-0.25, -0.2) is 4.79 Å². The van der Waals surface area contributed by atoms with Gasteiger partial charge in [0.15, 0.2) is 0 Å². The fourth-order valence-electron chi connectivity index (χ4n) is 4.81. The van der Waals surface area contributed by atoms with Gasteiger partial charge in [-0.3, -0.25) is 0 Å². The van der Waals surface area contributed by atoms with Crippen LogP contribution < -0.4 is 10.6 Å². The van der Waals surface area contributed by atoms with Gasteiger partial charge in [0.1, 0.15) is 5.00 Å². The Balaban J connectivity index is 1.65. The number of nitrogens with zero attached hydrogens (tertiary/aromatic N) is 2. The molecule has 0 bridgehead atoms. The van der Waals surface area contributed by atoms with E-state index in [0.29, 0.717) is 12.0 Å². The number of likely N-dealkylation sites (N-methyl/N-ethyl adjacent to an activating group) is 1. The van der Waals surface area contributed by atoms with Crippen LogP contribution in [0.1, 0.15) is 74.4 Å². The van der Waals surface area contributed by atoms with Crippen molar-refractivity contribution < 1.29 is 4.79 Å². The summed E-state index contributed by atoms with van der Waals surface area (Å²) in [6, 6.07) is 4.55. The number of carbonyl (C=O) groups is 1. The second-order valence-corrected chi connectivity index (χ2v) is 10.5. The number of hydrogen-bond acceptors (Lipinski definition) is 3. The standard InChI is InChI=1S/C24H36N4OS/c1-17(2)10-11-20(26-24(29)25-18-8-4-5-9-18)22-19-12-15-27(3)16-21(19)30-23(22)28-13-6-7-14-28/h6-7,13-14,17-18,20H,4-5,8-12,15-16H2,1-3H3,(H2,25,26,29)/t20-/m1/s1. The van der Waals surface area contributed by atoms with E-state index in [1.165, 1.54) is 33.8 Å². The van der Waals surface area contributed by atoms with Crippen LogP contribution in [-0.2, 0) is 13.0 Å². The molecule has 6 heteroatoms. The molecule has 30 heavy (non-hydrogen) atoms. The largest absolute Gasteiger partial charge is 0.335 e. The van der Waals surface area contributed by atoms with Crippen molar-refractivity contribution in [3.63, 3.8) is 0 Å². The molecular weight excluding hydrogens is 392 g/mol. The lowest BCUT2D eigenvalue weighted by atomic mass is 9.92. The number of amides is 2. The summed E-state index contributed by atoms with van der Waals surface area (Å²) in [5, 5.41) is 7.91. The quantitative estimate of drug-likeness (QED) is 0.633. The first-order valence-corrected chi connectivity index (χ1v) is 12.4. The first-order chi connectivity index (χ1) is 14.5. The molecule has 164 valence electrons. The summed E-state index contributed by atoms with van der Waals surface area (Å²) in [6.45, 7) is 6.60. The van der Waals surface area contributed by atoms with E-state index < -0.39 is 0 Å². The van der Waals surface area contributed by atoms with Crippen LogP contribution in [-0.4, -0.2) is 35.1 Å². The third-order valence-corrected chi connectivity index (χ3v) is 7.73. The van der Waals surface area contributed by atoms with Crippen molar-refractivity contribution in [3.05, 3.63) is 40.5 Å². The average molecular weight is 429 g/mol. The van der Waals surface area contributed by atoms with Crippen LogP contribution in [0.2, 0.25) is 0 Å². The van der Waals surface area contributed by atoms with Crippen LogP contribution in [0.4, 0.5) is 4.79 Å². The molecule has 1 fully saturated rings. The number of carbonyl (C=O) groups excluding carboxylic acids is 1. The zero-order valence-corrected chi connectivity index (χ0v) is 19.4. The minimum Gasteiger partial charge on any atom is -0.335 e. The Bertz CT molecular complexity index is 836. The summed E-state index contributed by atoms with van der Waals surface area (Å²) in [5.74, 6) is 0.614. The zero-order valence-electron chi connectivity index (χ0n) is 18.6. The smallest absolute Gasteiger partial charge is 0.315 e. The maximum atomic E-state index is 12.9. The molecule has 2 aliphatic rings. The number of aromatic nitrogens is 1. The first kappa shape index (κ1) is 21.4. The highest BCUT2D eigenvalue weighted by molar-refractivity contribution is 7.15. The van der Waals surface area contributed by atoms with Crippen molar-refractivity contribution in [3.8, 4) is 5.00 Å². The maximum Gasteiger partial charge on any atom is 0.315 e. The molecule has 2 N–H and O–H groups in total. The highest BCUT2D eigenvalue weighted by Crippen LogP contribution is 2.40. The van der Waals surface area contributed by atoms with E-state index >= 15 is 0 Å². The lowest BCUT2D eigenvalue weighted by molar-refractivity contribution is 0.231. The van der Waals surface area contributed by atoms with Gasteiger partial charge in [0.2, 0.25) is 0 Å². The number of nitrogens with one attached hydrogen (secondary N) is 2. The van der Waals surface area contributed by atoms with Crippen LogP contribution in [0, 0.1) is 5.92 Å². The predicted octanol–water partition coefficient (Wildman–Crippen LogP) is 5.25. The fraction of sp³-hybridized carbons (Fsp3) is 0.625. The Labute approximate surface area is 184 Å². The van der Waals surface area contributed by atoms with Crippen LogP contribution >= 0.6 is 11.3 Å². The van der Waals surface area contributed by atoms with Gasteiger partial charge < -0.3 is 20.1 Å². The van der Waals surface area contributed by atoms with Crippen LogP contribution in [0.3, 0.4) is 0 Å². The van der Waals surface area contributed by atoms with E-state index in [1.54, 1.807) is 0 Å². The molecule has 2 aromatic heterocycles. The molecule has 4 rings (SSSR count). The van der Waals surface area contributed by atoms with Gasteiger partial charge in [-0.2, -0.15) is 0 Å². The molecule has 0 unspecified atom stereocenters. The molecule has 1 aliphatic heterocycles. The number of fused-ring (bicyclic) bond motifs is 1. The van der Waals surface area contributed by atoms with Gasteiger partial charge in [-0.1, -0.05) is 26.7 Å². The molecule has 2 aromatic rings. The molecule has 1 atom stereocenters. The van der Waals surface area contributed by atoms with E-state index in [1.807, 2.05) is 11.3 Å². The second-order valence-electron chi connectivity index (χ2n) is 9.42.